The molecule has 2 fully saturated rings. The van der Waals surface area contributed by atoms with Gasteiger partial charge in [-0.3, -0.25) is 4.90 Å². The van der Waals surface area contributed by atoms with Crippen LogP contribution < -0.4 is 5.73 Å². The van der Waals surface area contributed by atoms with Crippen molar-refractivity contribution in [1.29, 1.82) is 0 Å². The van der Waals surface area contributed by atoms with Gasteiger partial charge in [0.25, 0.3) is 0 Å². The van der Waals surface area contributed by atoms with E-state index in [2.05, 4.69) is 25.7 Å². The van der Waals surface area contributed by atoms with Crippen LogP contribution in [0.4, 0.5) is 0 Å². The van der Waals surface area contributed by atoms with Crippen LogP contribution in [0.2, 0.25) is 0 Å². The highest BCUT2D eigenvalue weighted by Crippen LogP contribution is 2.42. The minimum atomic E-state index is 0.233. The molecule has 2 N–H and O–H groups in total. The quantitative estimate of drug-likeness (QED) is 0.740. The van der Waals surface area contributed by atoms with Gasteiger partial charge in [0.1, 0.15) is 0 Å². The molecule has 2 rings (SSSR count). The Balaban J connectivity index is 1.94. The largest absolute Gasteiger partial charge is 0.378 e. The van der Waals surface area contributed by atoms with E-state index in [0.29, 0.717) is 12.1 Å². The van der Waals surface area contributed by atoms with Crippen molar-refractivity contribution >= 4 is 0 Å². The standard InChI is InChI=1S/C14H28N2O/c1-4-17-13-7-14(8-13,10-15)16(11(2)3)9-12-5-6-12/h11-13H,4-10,15H2,1-3H3. The molecule has 2 aliphatic rings. The first-order valence-corrected chi connectivity index (χ1v) is 7.19. The fourth-order valence-corrected chi connectivity index (χ4v) is 3.19. The van der Waals surface area contributed by atoms with Gasteiger partial charge in [-0.15, -0.1) is 0 Å². The van der Waals surface area contributed by atoms with E-state index in [-0.39, 0.29) is 5.54 Å². The van der Waals surface area contributed by atoms with E-state index in [1.807, 2.05) is 0 Å². The third-order valence-electron chi connectivity index (χ3n) is 4.38. The highest BCUT2D eigenvalue weighted by Gasteiger charge is 2.49. The fourth-order valence-electron chi connectivity index (χ4n) is 3.19. The van der Waals surface area contributed by atoms with Crippen LogP contribution in [0.25, 0.3) is 0 Å². The van der Waals surface area contributed by atoms with Crippen molar-refractivity contribution in [2.75, 3.05) is 19.7 Å². The summed E-state index contributed by atoms with van der Waals surface area (Å²) < 4.78 is 5.70. The molecule has 17 heavy (non-hydrogen) atoms. The highest BCUT2D eigenvalue weighted by molar-refractivity contribution is 5.06. The van der Waals surface area contributed by atoms with Crippen molar-refractivity contribution in [3.8, 4) is 0 Å². The zero-order valence-electron chi connectivity index (χ0n) is 11.6. The fraction of sp³-hybridized carbons (Fsp3) is 1.00. The summed E-state index contributed by atoms with van der Waals surface area (Å²) in [6, 6.07) is 0.599. The van der Waals surface area contributed by atoms with Crippen LogP contribution in [0.3, 0.4) is 0 Å². The minimum Gasteiger partial charge on any atom is -0.378 e. The van der Waals surface area contributed by atoms with Crippen molar-refractivity contribution in [3.05, 3.63) is 0 Å². The second-order valence-electron chi connectivity index (χ2n) is 6.10. The monoisotopic (exact) mass is 240 g/mol. The summed E-state index contributed by atoms with van der Waals surface area (Å²) in [6.45, 7) is 9.53. The van der Waals surface area contributed by atoms with Crippen molar-refractivity contribution in [2.24, 2.45) is 11.7 Å². The molecule has 0 aromatic carbocycles. The molecule has 0 atom stereocenters. The van der Waals surface area contributed by atoms with Gasteiger partial charge in [0.05, 0.1) is 6.10 Å². The lowest BCUT2D eigenvalue weighted by atomic mass is 9.72. The molecule has 2 aliphatic carbocycles. The number of nitrogens with two attached hydrogens (primary N) is 1. The molecular formula is C14H28N2O. The predicted molar refractivity (Wildman–Crippen MR) is 71.0 cm³/mol. The van der Waals surface area contributed by atoms with Crippen LogP contribution in [0.1, 0.15) is 46.5 Å². The highest BCUT2D eigenvalue weighted by atomic mass is 16.5. The van der Waals surface area contributed by atoms with Gasteiger partial charge in [-0.1, -0.05) is 0 Å². The van der Waals surface area contributed by atoms with Gasteiger partial charge in [0, 0.05) is 31.3 Å². The lowest BCUT2D eigenvalue weighted by molar-refractivity contribution is -0.111. The third-order valence-corrected chi connectivity index (χ3v) is 4.38. The van der Waals surface area contributed by atoms with E-state index in [1.165, 1.54) is 19.4 Å². The number of hydrogen-bond acceptors (Lipinski definition) is 3. The van der Waals surface area contributed by atoms with Crippen molar-refractivity contribution < 1.29 is 4.74 Å². The number of ether oxygens (including phenoxy) is 1. The summed E-state index contributed by atoms with van der Waals surface area (Å²) in [4.78, 5) is 2.65. The first-order chi connectivity index (χ1) is 8.11. The van der Waals surface area contributed by atoms with Crippen LogP contribution in [-0.2, 0) is 4.74 Å². The Morgan fingerprint density at radius 3 is 2.41 bits per heavy atom. The topological polar surface area (TPSA) is 38.5 Å². The molecular weight excluding hydrogens is 212 g/mol. The van der Waals surface area contributed by atoms with Crippen molar-refractivity contribution in [1.82, 2.24) is 4.90 Å². The lowest BCUT2D eigenvalue weighted by Crippen LogP contribution is -2.66. The van der Waals surface area contributed by atoms with Crippen LogP contribution in [0, 0.1) is 5.92 Å². The van der Waals surface area contributed by atoms with E-state index in [0.717, 1.165) is 31.9 Å². The average Bonchev–Trinajstić information content (AvgIpc) is 3.03. The Morgan fingerprint density at radius 1 is 1.35 bits per heavy atom. The lowest BCUT2D eigenvalue weighted by Gasteiger charge is -2.55. The summed E-state index contributed by atoms with van der Waals surface area (Å²) in [6.07, 6.45) is 5.53. The van der Waals surface area contributed by atoms with E-state index in [1.54, 1.807) is 0 Å². The van der Waals surface area contributed by atoms with E-state index in [9.17, 15) is 0 Å². The van der Waals surface area contributed by atoms with E-state index >= 15 is 0 Å². The van der Waals surface area contributed by atoms with Crippen LogP contribution in [0.5, 0.6) is 0 Å². The van der Waals surface area contributed by atoms with E-state index in [4.69, 9.17) is 10.5 Å². The van der Waals surface area contributed by atoms with Gasteiger partial charge < -0.3 is 10.5 Å². The number of rotatable bonds is 7. The molecule has 0 heterocycles. The van der Waals surface area contributed by atoms with E-state index < -0.39 is 0 Å². The van der Waals surface area contributed by atoms with Gasteiger partial charge in [-0.2, -0.15) is 0 Å². The smallest absolute Gasteiger partial charge is 0.0611 e. The Bertz CT molecular complexity index is 245. The summed E-state index contributed by atoms with van der Waals surface area (Å²) >= 11 is 0. The second kappa shape index (κ2) is 5.25. The molecule has 3 heteroatoms. The summed E-state index contributed by atoms with van der Waals surface area (Å²) in [5, 5.41) is 0. The Labute approximate surface area is 106 Å². The first-order valence-electron chi connectivity index (χ1n) is 7.19. The predicted octanol–water partition coefficient (Wildman–Crippen LogP) is 2.00. The van der Waals surface area contributed by atoms with Crippen LogP contribution in [-0.4, -0.2) is 42.3 Å². The van der Waals surface area contributed by atoms with Gasteiger partial charge in [-0.05, 0) is 52.4 Å². The molecule has 0 radical (unpaired) electrons. The first kappa shape index (κ1) is 13.3. The Kier molecular flexibility index (Phi) is 4.11. The van der Waals surface area contributed by atoms with Crippen molar-refractivity contribution in [3.63, 3.8) is 0 Å². The molecule has 0 bridgehead atoms. The maximum atomic E-state index is 6.06. The zero-order chi connectivity index (χ0) is 12.5. The molecule has 100 valence electrons. The maximum Gasteiger partial charge on any atom is 0.0611 e. The molecule has 0 aromatic heterocycles. The molecule has 2 saturated carbocycles. The molecule has 0 aliphatic heterocycles. The van der Waals surface area contributed by atoms with Crippen LogP contribution in [0.15, 0.2) is 0 Å². The molecule has 0 amide bonds. The zero-order valence-corrected chi connectivity index (χ0v) is 11.6. The van der Waals surface area contributed by atoms with Gasteiger partial charge in [-0.25, -0.2) is 0 Å². The number of hydrogen-bond donors (Lipinski definition) is 1. The Morgan fingerprint density at radius 2 is 2.00 bits per heavy atom. The molecule has 0 aromatic rings. The SMILES string of the molecule is CCOC1CC(CN)(N(CC2CC2)C(C)C)C1. The molecule has 0 unspecified atom stereocenters. The summed E-state index contributed by atoms with van der Waals surface area (Å²) in [5.74, 6) is 0.937. The molecule has 0 saturated heterocycles. The summed E-state index contributed by atoms with van der Waals surface area (Å²) in [7, 11) is 0. The average molecular weight is 240 g/mol. The van der Waals surface area contributed by atoms with Gasteiger partial charge >= 0.3 is 0 Å². The van der Waals surface area contributed by atoms with Gasteiger partial charge in [0.2, 0.25) is 0 Å². The third kappa shape index (κ3) is 2.83. The maximum absolute atomic E-state index is 6.06. The van der Waals surface area contributed by atoms with Gasteiger partial charge in [0.15, 0.2) is 0 Å². The van der Waals surface area contributed by atoms with Crippen LogP contribution >= 0.6 is 0 Å². The minimum absolute atomic E-state index is 0.233. The number of nitrogens with zero attached hydrogens (tertiary/aromatic N) is 1. The second-order valence-corrected chi connectivity index (χ2v) is 6.10. The normalized spacial score (nSPS) is 33.2. The Hall–Kier alpha value is -0.120. The summed E-state index contributed by atoms with van der Waals surface area (Å²) in [5.41, 5.74) is 6.30. The molecule has 3 nitrogen and oxygen atoms in total. The molecule has 0 spiro atoms. The van der Waals surface area contributed by atoms with Crippen molar-refractivity contribution in [2.45, 2.75) is 64.1 Å².